The van der Waals surface area contributed by atoms with Crippen molar-refractivity contribution < 1.29 is 9.59 Å². The van der Waals surface area contributed by atoms with Crippen molar-refractivity contribution in [2.45, 2.75) is 71.9 Å². The first-order chi connectivity index (χ1) is 13.2. The van der Waals surface area contributed by atoms with E-state index in [1.165, 1.54) is 5.56 Å². The summed E-state index contributed by atoms with van der Waals surface area (Å²) in [6.45, 7) is 10.8. The number of imidazole rings is 1. The predicted molar refractivity (Wildman–Crippen MR) is 111 cm³/mol. The van der Waals surface area contributed by atoms with E-state index < -0.39 is 0 Å². The molecule has 0 saturated heterocycles. The van der Waals surface area contributed by atoms with Crippen LogP contribution in [0.4, 0.5) is 5.69 Å². The van der Waals surface area contributed by atoms with E-state index in [1.807, 2.05) is 49.6 Å². The van der Waals surface area contributed by atoms with Crippen molar-refractivity contribution in [3.05, 3.63) is 47.0 Å². The zero-order valence-electron chi connectivity index (χ0n) is 17.4. The normalized spacial score (nSPS) is 13.9. The number of amides is 2. The number of aromatic nitrogens is 2. The topological polar surface area (TPSA) is 76.0 Å². The number of hydrogen-bond donors (Lipinski definition) is 2. The third-order valence-electron chi connectivity index (χ3n) is 4.86. The number of nitrogens with one attached hydrogen (secondary N) is 2. The summed E-state index contributed by atoms with van der Waals surface area (Å²) in [6, 6.07) is 7.85. The minimum absolute atomic E-state index is 0.240. The van der Waals surface area contributed by atoms with Crippen LogP contribution in [0, 0.1) is 0 Å². The zero-order chi connectivity index (χ0) is 20.5. The second kappa shape index (κ2) is 7.78. The Morgan fingerprint density at radius 3 is 2.36 bits per heavy atom. The van der Waals surface area contributed by atoms with Crippen LogP contribution < -0.4 is 10.6 Å². The lowest BCUT2D eigenvalue weighted by molar-refractivity contribution is 0.0903. The molecule has 1 aromatic carbocycles. The molecule has 0 unspecified atom stereocenters. The standard InChI is InChI=1S/C22H30N4O2/c1-14(2)15-9-11-16(12-10-15)23-20(27)18-17-8-6-7-13-26(17)19(24-18)21(28)25-22(3,4)5/h9-12,14H,6-8,13H2,1-5H3,(H,23,27)(H,25,28). The molecule has 150 valence electrons. The van der Waals surface area contributed by atoms with Gasteiger partial charge in [0.05, 0.1) is 5.69 Å². The van der Waals surface area contributed by atoms with Gasteiger partial charge in [-0.2, -0.15) is 0 Å². The van der Waals surface area contributed by atoms with Crippen molar-refractivity contribution in [3.63, 3.8) is 0 Å². The second-order valence-corrected chi connectivity index (χ2v) is 8.77. The van der Waals surface area contributed by atoms with E-state index in [4.69, 9.17) is 0 Å². The predicted octanol–water partition coefficient (Wildman–Crippen LogP) is 4.12. The van der Waals surface area contributed by atoms with Crippen molar-refractivity contribution in [3.8, 4) is 0 Å². The lowest BCUT2D eigenvalue weighted by Crippen LogP contribution is -2.42. The van der Waals surface area contributed by atoms with Gasteiger partial charge >= 0.3 is 0 Å². The monoisotopic (exact) mass is 382 g/mol. The highest BCUT2D eigenvalue weighted by Crippen LogP contribution is 2.23. The van der Waals surface area contributed by atoms with E-state index in [2.05, 4.69) is 29.5 Å². The van der Waals surface area contributed by atoms with E-state index in [-0.39, 0.29) is 17.4 Å². The van der Waals surface area contributed by atoms with E-state index in [0.29, 0.717) is 24.0 Å². The SMILES string of the molecule is CC(C)c1ccc(NC(=O)c2nc(C(=O)NC(C)(C)C)n3c2CCCC3)cc1. The molecule has 2 aromatic rings. The van der Waals surface area contributed by atoms with Crippen LogP contribution in [0.3, 0.4) is 0 Å². The molecule has 1 aromatic heterocycles. The van der Waals surface area contributed by atoms with Gasteiger partial charge in [0, 0.05) is 17.8 Å². The molecule has 0 fully saturated rings. The van der Waals surface area contributed by atoms with Crippen molar-refractivity contribution >= 4 is 17.5 Å². The number of fused-ring (bicyclic) bond motifs is 1. The van der Waals surface area contributed by atoms with E-state index in [1.54, 1.807) is 0 Å². The molecule has 2 N–H and O–H groups in total. The summed E-state index contributed by atoms with van der Waals surface area (Å²) in [5.74, 6) is 0.257. The fourth-order valence-corrected chi connectivity index (χ4v) is 3.44. The highest BCUT2D eigenvalue weighted by atomic mass is 16.2. The van der Waals surface area contributed by atoms with Crippen LogP contribution >= 0.6 is 0 Å². The lowest BCUT2D eigenvalue weighted by Gasteiger charge is -2.22. The quantitative estimate of drug-likeness (QED) is 0.835. The maximum atomic E-state index is 12.9. The minimum atomic E-state index is -0.362. The van der Waals surface area contributed by atoms with E-state index in [0.717, 1.165) is 30.6 Å². The van der Waals surface area contributed by atoms with Crippen LogP contribution in [0.15, 0.2) is 24.3 Å². The summed E-state index contributed by atoms with van der Waals surface area (Å²) in [5.41, 5.74) is 2.79. The van der Waals surface area contributed by atoms with Crippen LogP contribution in [0.1, 0.15) is 85.7 Å². The number of carbonyl (C=O) groups excluding carboxylic acids is 2. The average molecular weight is 383 g/mol. The number of carbonyl (C=O) groups is 2. The van der Waals surface area contributed by atoms with Gasteiger partial charge in [-0.25, -0.2) is 4.98 Å². The fourth-order valence-electron chi connectivity index (χ4n) is 3.44. The average Bonchev–Trinajstić information content (AvgIpc) is 3.01. The molecule has 0 aliphatic carbocycles. The molecule has 1 aliphatic heterocycles. The number of benzene rings is 1. The lowest BCUT2D eigenvalue weighted by atomic mass is 10.0. The van der Waals surface area contributed by atoms with Crippen molar-refractivity contribution in [1.82, 2.24) is 14.9 Å². The van der Waals surface area contributed by atoms with Crippen molar-refractivity contribution in [2.24, 2.45) is 0 Å². The summed E-state index contributed by atoms with van der Waals surface area (Å²) in [7, 11) is 0. The van der Waals surface area contributed by atoms with E-state index >= 15 is 0 Å². The summed E-state index contributed by atoms with van der Waals surface area (Å²) in [4.78, 5) is 30.1. The maximum Gasteiger partial charge on any atom is 0.287 e. The van der Waals surface area contributed by atoms with Gasteiger partial charge in [0.2, 0.25) is 0 Å². The van der Waals surface area contributed by atoms with Crippen LogP contribution in [-0.4, -0.2) is 26.9 Å². The molecule has 3 rings (SSSR count). The fraction of sp³-hybridized carbons (Fsp3) is 0.500. The van der Waals surface area contributed by atoms with Gasteiger partial charge < -0.3 is 15.2 Å². The smallest absolute Gasteiger partial charge is 0.287 e. The first-order valence-electron chi connectivity index (χ1n) is 9.99. The number of rotatable bonds is 4. The molecule has 6 heteroatoms. The Morgan fingerprint density at radius 1 is 1.07 bits per heavy atom. The molecule has 0 saturated carbocycles. The van der Waals surface area contributed by atoms with Crippen LogP contribution in [0.5, 0.6) is 0 Å². The third-order valence-corrected chi connectivity index (χ3v) is 4.86. The minimum Gasteiger partial charge on any atom is -0.345 e. The molecular formula is C22H30N4O2. The van der Waals surface area contributed by atoms with E-state index in [9.17, 15) is 9.59 Å². The van der Waals surface area contributed by atoms with Gasteiger partial charge in [0.15, 0.2) is 11.5 Å². The van der Waals surface area contributed by atoms with Crippen LogP contribution in [0.25, 0.3) is 0 Å². The zero-order valence-corrected chi connectivity index (χ0v) is 17.4. The Bertz CT molecular complexity index is 873. The van der Waals surface area contributed by atoms with Gasteiger partial charge in [0.25, 0.3) is 11.8 Å². The molecule has 1 aliphatic rings. The first-order valence-corrected chi connectivity index (χ1v) is 9.99. The third kappa shape index (κ3) is 4.43. The largest absolute Gasteiger partial charge is 0.345 e. The molecule has 28 heavy (non-hydrogen) atoms. The van der Waals surface area contributed by atoms with Crippen molar-refractivity contribution in [1.29, 1.82) is 0 Å². The summed E-state index contributed by atoms with van der Waals surface area (Å²) in [6.07, 6.45) is 2.73. The first kappa shape index (κ1) is 20.1. The maximum absolute atomic E-state index is 12.9. The molecular weight excluding hydrogens is 352 g/mol. The molecule has 2 heterocycles. The molecule has 0 radical (unpaired) electrons. The second-order valence-electron chi connectivity index (χ2n) is 8.77. The Hall–Kier alpha value is -2.63. The Morgan fingerprint density at radius 2 is 1.75 bits per heavy atom. The number of hydrogen-bond acceptors (Lipinski definition) is 3. The Labute approximate surface area is 166 Å². The summed E-state index contributed by atoms with van der Waals surface area (Å²) < 4.78 is 1.90. The van der Waals surface area contributed by atoms with Gasteiger partial charge in [-0.1, -0.05) is 26.0 Å². The molecule has 0 bridgehead atoms. The molecule has 0 spiro atoms. The number of anilines is 1. The Balaban J connectivity index is 1.86. The van der Waals surface area contributed by atoms with Gasteiger partial charge in [-0.3, -0.25) is 9.59 Å². The Kier molecular flexibility index (Phi) is 5.59. The van der Waals surface area contributed by atoms with Crippen LogP contribution in [-0.2, 0) is 13.0 Å². The summed E-state index contributed by atoms with van der Waals surface area (Å²) >= 11 is 0. The highest BCUT2D eigenvalue weighted by molar-refractivity contribution is 6.05. The molecule has 0 atom stereocenters. The molecule has 6 nitrogen and oxygen atoms in total. The van der Waals surface area contributed by atoms with Gasteiger partial charge in [-0.05, 0) is 63.6 Å². The highest BCUT2D eigenvalue weighted by Gasteiger charge is 2.29. The molecule has 2 amide bonds. The van der Waals surface area contributed by atoms with Gasteiger partial charge in [-0.15, -0.1) is 0 Å². The summed E-state index contributed by atoms with van der Waals surface area (Å²) in [5, 5.41) is 5.88. The number of nitrogens with zero attached hydrogens (tertiary/aromatic N) is 2. The van der Waals surface area contributed by atoms with Crippen molar-refractivity contribution in [2.75, 3.05) is 5.32 Å². The van der Waals surface area contributed by atoms with Gasteiger partial charge in [0.1, 0.15) is 0 Å². The van der Waals surface area contributed by atoms with Crippen LogP contribution in [0.2, 0.25) is 0 Å².